The number of anilines is 1. The van der Waals surface area contributed by atoms with Crippen molar-refractivity contribution < 1.29 is 0 Å². The highest BCUT2D eigenvalue weighted by Gasteiger charge is 2.26. The zero-order chi connectivity index (χ0) is 17.3. The quantitative estimate of drug-likeness (QED) is 0.687. The standard InChI is InChI=1S/C23H25N/c1-6-19-12-11-16(2)15-21(19)17(3)18(4)22-14-13-20-9-7-8-10-23(20)24(22)5/h6-15,18,22H,1,3H2,2,4-5H3. The highest BCUT2D eigenvalue weighted by Crippen LogP contribution is 2.36. The summed E-state index contributed by atoms with van der Waals surface area (Å²) in [5.74, 6) is 0.306. The molecule has 0 spiro atoms. The number of hydrogen-bond acceptors (Lipinski definition) is 1. The maximum Gasteiger partial charge on any atom is 0.0539 e. The minimum Gasteiger partial charge on any atom is -0.367 e. The average Bonchev–Trinajstić information content (AvgIpc) is 2.61. The predicted molar refractivity (Wildman–Crippen MR) is 107 cm³/mol. The van der Waals surface area contributed by atoms with Crippen LogP contribution in [0.4, 0.5) is 5.69 Å². The van der Waals surface area contributed by atoms with Gasteiger partial charge in [0.15, 0.2) is 0 Å². The van der Waals surface area contributed by atoms with Crippen molar-refractivity contribution >= 4 is 23.4 Å². The van der Waals surface area contributed by atoms with Crippen LogP contribution < -0.4 is 4.90 Å². The van der Waals surface area contributed by atoms with Crippen molar-refractivity contribution in [1.82, 2.24) is 0 Å². The van der Waals surface area contributed by atoms with Crippen molar-refractivity contribution in [2.75, 3.05) is 11.9 Å². The summed E-state index contributed by atoms with van der Waals surface area (Å²) in [4.78, 5) is 2.36. The molecule has 24 heavy (non-hydrogen) atoms. The molecule has 0 saturated carbocycles. The molecule has 1 nitrogen and oxygen atoms in total. The summed E-state index contributed by atoms with van der Waals surface area (Å²) in [5.41, 5.74) is 7.32. The zero-order valence-corrected chi connectivity index (χ0v) is 14.8. The summed E-state index contributed by atoms with van der Waals surface area (Å²) >= 11 is 0. The lowest BCUT2D eigenvalue weighted by Crippen LogP contribution is -2.37. The molecule has 0 fully saturated rings. The van der Waals surface area contributed by atoms with Crippen LogP contribution in [0.5, 0.6) is 0 Å². The summed E-state index contributed by atoms with van der Waals surface area (Å²) in [5, 5.41) is 0. The van der Waals surface area contributed by atoms with E-state index in [1.807, 2.05) is 6.08 Å². The van der Waals surface area contributed by atoms with E-state index in [1.54, 1.807) is 0 Å². The second kappa shape index (κ2) is 6.52. The van der Waals surface area contributed by atoms with Crippen LogP contribution in [0.15, 0.2) is 61.7 Å². The van der Waals surface area contributed by atoms with E-state index in [0.29, 0.717) is 12.0 Å². The maximum absolute atomic E-state index is 4.43. The largest absolute Gasteiger partial charge is 0.367 e. The minimum absolute atomic E-state index is 0.297. The lowest BCUT2D eigenvalue weighted by atomic mass is 9.84. The van der Waals surface area contributed by atoms with E-state index < -0.39 is 0 Å². The van der Waals surface area contributed by atoms with Crippen molar-refractivity contribution in [3.05, 3.63) is 84.0 Å². The SMILES string of the molecule is C=Cc1ccc(C)cc1C(=C)C(C)C1C=Cc2ccccc2N1C. The summed E-state index contributed by atoms with van der Waals surface area (Å²) in [7, 11) is 2.17. The smallest absolute Gasteiger partial charge is 0.0539 e. The van der Waals surface area contributed by atoms with E-state index in [0.717, 1.165) is 11.1 Å². The Hall–Kier alpha value is -2.54. The Bertz CT molecular complexity index is 813. The monoisotopic (exact) mass is 315 g/mol. The van der Waals surface area contributed by atoms with E-state index in [-0.39, 0.29) is 0 Å². The summed E-state index contributed by atoms with van der Waals surface area (Å²) in [6.45, 7) is 12.8. The van der Waals surface area contributed by atoms with Gasteiger partial charge in [0, 0.05) is 18.7 Å². The fourth-order valence-corrected chi connectivity index (χ4v) is 3.52. The summed E-state index contributed by atoms with van der Waals surface area (Å²) < 4.78 is 0. The van der Waals surface area contributed by atoms with Gasteiger partial charge >= 0.3 is 0 Å². The minimum atomic E-state index is 0.297. The topological polar surface area (TPSA) is 3.24 Å². The van der Waals surface area contributed by atoms with Crippen LogP contribution in [0.25, 0.3) is 17.7 Å². The average molecular weight is 315 g/mol. The van der Waals surface area contributed by atoms with Gasteiger partial charge in [-0.3, -0.25) is 0 Å². The summed E-state index contributed by atoms with van der Waals surface area (Å²) in [6.07, 6.45) is 6.44. The Kier molecular flexibility index (Phi) is 4.44. The fourth-order valence-electron chi connectivity index (χ4n) is 3.52. The Morgan fingerprint density at radius 1 is 1.21 bits per heavy atom. The van der Waals surface area contributed by atoms with Gasteiger partial charge in [-0.15, -0.1) is 0 Å². The second-order valence-electron chi connectivity index (χ2n) is 6.63. The first-order valence-corrected chi connectivity index (χ1v) is 8.45. The first kappa shape index (κ1) is 16.3. The van der Waals surface area contributed by atoms with E-state index in [4.69, 9.17) is 0 Å². The molecular weight excluding hydrogens is 290 g/mol. The highest BCUT2D eigenvalue weighted by molar-refractivity contribution is 5.77. The van der Waals surface area contributed by atoms with Gasteiger partial charge in [0.2, 0.25) is 0 Å². The normalized spacial score (nSPS) is 17.3. The molecule has 0 amide bonds. The van der Waals surface area contributed by atoms with Crippen LogP contribution in [0, 0.1) is 12.8 Å². The number of aryl methyl sites for hydroxylation is 1. The molecule has 0 radical (unpaired) electrons. The Morgan fingerprint density at radius 2 is 1.96 bits per heavy atom. The highest BCUT2D eigenvalue weighted by atomic mass is 15.1. The van der Waals surface area contributed by atoms with Gasteiger partial charge in [-0.1, -0.05) is 80.3 Å². The van der Waals surface area contributed by atoms with Gasteiger partial charge in [-0.2, -0.15) is 0 Å². The first-order valence-electron chi connectivity index (χ1n) is 8.45. The predicted octanol–water partition coefficient (Wildman–Crippen LogP) is 5.82. The Labute approximate surface area is 145 Å². The van der Waals surface area contributed by atoms with Gasteiger partial charge in [0.05, 0.1) is 6.04 Å². The number of para-hydroxylation sites is 1. The van der Waals surface area contributed by atoms with E-state index in [1.165, 1.54) is 22.4 Å². The van der Waals surface area contributed by atoms with Gasteiger partial charge in [-0.25, -0.2) is 0 Å². The van der Waals surface area contributed by atoms with Gasteiger partial charge in [0.1, 0.15) is 0 Å². The molecule has 0 N–H and O–H groups in total. The fraction of sp³-hybridized carbons (Fsp3) is 0.217. The zero-order valence-electron chi connectivity index (χ0n) is 14.8. The molecule has 0 aliphatic carbocycles. The molecule has 0 saturated heterocycles. The second-order valence-corrected chi connectivity index (χ2v) is 6.63. The Morgan fingerprint density at radius 3 is 2.71 bits per heavy atom. The summed E-state index contributed by atoms with van der Waals surface area (Å²) in [6, 6.07) is 15.3. The molecule has 2 aromatic carbocycles. The molecule has 2 atom stereocenters. The molecule has 3 rings (SSSR count). The van der Waals surface area contributed by atoms with Crippen molar-refractivity contribution in [2.24, 2.45) is 5.92 Å². The number of nitrogens with zero attached hydrogens (tertiary/aromatic N) is 1. The molecule has 1 heteroatoms. The third-order valence-electron chi connectivity index (χ3n) is 5.07. The van der Waals surface area contributed by atoms with Crippen LogP contribution in [0.2, 0.25) is 0 Å². The lowest BCUT2D eigenvalue weighted by Gasteiger charge is -2.37. The van der Waals surface area contributed by atoms with Crippen LogP contribution in [0.1, 0.15) is 29.2 Å². The van der Waals surface area contributed by atoms with E-state index in [2.05, 4.69) is 93.6 Å². The van der Waals surface area contributed by atoms with Gasteiger partial charge < -0.3 is 4.90 Å². The number of likely N-dealkylation sites (N-methyl/N-ethyl adjacent to an activating group) is 1. The third-order valence-corrected chi connectivity index (χ3v) is 5.07. The first-order chi connectivity index (χ1) is 11.5. The van der Waals surface area contributed by atoms with E-state index in [9.17, 15) is 0 Å². The molecule has 122 valence electrons. The number of rotatable bonds is 4. The number of fused-ring (bicyclic) bond motifs is 1. The molecule has 0 bridgehead atoms. The molecule has 1 heterocycles. The van der Waals surface area contributed by atoms with Crippen LogP contribution in [0.3, 0.4) is 0 Å². The molecule has 1 aliphatic heterocycles. The van der Waals surface area contributed by atoms with Gasteiger partial charge in [-0.05, 0) is 35.3 Å². The van der Waals surface area contributed by atoms with Crippen molar-refractivity contribution in [1.29, 1.82) is 0 Å². The van der Waals surface area contributed by atoms with Crippen molar-refractivity contribution in [3.8, 4) is 0 Å². The van der Waals surface area contributed by atoms with Crippen molar-refractivity contribution in [2.45, 2.75) is 19.9 Å². The molecular formula is C23H25N. The third kappa shape index (κ3) is 2.82. The number of benzene rings is 2. The van der Waals surface area contributed by atoms with Crippen molar-refractivity contribution in [3.63, 3.8) is 0 Å². The maximum atomic E-state index is 4.43. The number of hydrogen-bond donors (Lipinski definition) is 0. The lowest BCUT2D eigenvalue weighted by molar-refractivity contribution is 0.611. The van der Waals surface area contributed by atoms with Crippen LogP contribution in [-0.2, 0) is 0 Å². The molecule has 2 unspecified atom stereocenters. The van der Waals surface area contributed by atoms with Crippen LogP contribution >= 0.6 is 0 Å². The molecule has 0 aromatic heterocycles. The Balaban J connectivity index is 1.93. The molecule has 2 aromatic rings. The van der Waals surface area contributed by atoms with Gasteiger partial charge in [0.25, 0.3) is 0 Å². The van der Waals surface area contributed by atoms with E-state index >= 15 is 0 Å². The molecule has 1 aliphatic rings. The van der Waals surface area contributed by atoms with Crippen LogP contribution in [-0.4, -0.2) is 13.1 Å².